The highest BCUT2D eigenvalue weighted by Gasteiger charge is 2.75. The van der Waals surface area contributed by atoms with Crippen molar-refractivity contribution in [3.8, 4) is 0 Å². The van der Waals surface area contributed by atoms with Crippen LogP contribution in [0.5, 0.6) is 0 Å². The Kier molecular flexibility index (Phi) is 2.25. The standard InChI is InChI=1S/C17H13NO5/c19-14-12-8-1-2-9(7-8)13(12)15(20)17(16(14)23-17)10-3-5-11(6-4-10)18(21)22/h1-6,8-9,12-13,16H,7H2. The van der Waals surface area contributed by atoms with Crippen molar-refractivity contribution < 1.29 is 19.2 Å². The van der Waals surface area contributed by atoms with Crippen LogP contribution in [0.4, 0.5) is 5.69 Å². The number of non-ortho nitro benzene ring substituents is 1. The van der Waals surface area contributed by atoms with Crippen molar-refractivity contribution in [2.24, 2.45) is 23.7 Å². The van der Waals surface area contributed by atoms with Crippen molar-refractivity contribution in [2.75, 3.05) is 0 Å². The second-order valence-electron chi connectivity index (χ2n) is 6.80. The van der Waals surface area contributed by atoms with E-state index in [9.17, 15) is 19.7 Å². The molecule has 6 unspecified atom stereocenters. The molecule has 1 saturated heterocycles. The Morgan fingerprint density at radius 1 is 1.09 bits per heavy atom. The Hall–Kier alpha value is -2.34. The van der Waals surface area contributed by atoms with Gasteiger partial charge in [-0.05, 0) is 36.0 Å². The van der Waals surface area contributed by atoms with Crippen LogP contribution < -0.4 is 0 Å². The fraction of sp³-hybridized carbons (Fsp3) is 0.412. The first-order valence-electron chi connectivity index (χ1n) is 7.73. The predicted molar refractivity (Wildman–Crippen MR) is 77.4 cm³/mol. The Balaban J connectivity index is 1.57. The van der Waals surface area contributed by atoms with Crippen molar-refractivity contribution >= 4 is 17.3 Å². The van der Waals surface area contributed by atoms with Crippen LogP contribution in [0.15, 0.2) is 36.4 Å². The summed E-state index contributed by atoms with van der Waals surface area (Å²) in [5, 5.41) is 10.8. The number of carbonyl (C=O) groups is 2. The van der Waals surface area contributed by atoms with Crippen molar-refractivity contribution in [1.82, 2.24) is 0 Å². The van der Waals surface area contributed by atoms with E-state index in [-0.39, 0.29) is 40.9 Å². The molecular weight excluding hydrogens is 298 g/mol. The molecule has 0 spiro atoms. The third-order valence-corrected chi connectivity index (χ3v) is 5.84. The lowest BCUT2D eigenvalue weighted by molar-refractivity contribution is -0.384. The highest BCUT2D eigenvalue weighted by Crippen LogP contribution is 2.62. The first kappa shape index (κ1) is 13.1. The van der Waals surface area contributed by atoms with Crippen molar-refractivity contribution in [3.63, 3.8) is 0 Å². The second kappa shape index (κ2) is 3.94. The third-order valence-electron chi connectivity index (χ3n) is 5.84. The maximum atomic E-state index is 13.1. The largest absolute Gasteiger partial charge is 0.344 e. The minimum Gasteiger partial charge on any atom is -0.344 e. The number of nitro groups is 1. The average Bonchev–Trinajstić information content (AvgIpc) is 3.00. The van der Waals surface area contributed by atoms with Crippen molar-refractivity contribution in [3.05, 3.63) is 52.1 Å². The molecule has 0 N–H and O–H groups in total. The Bertz CT molecular complexity index is 798. The van der Waals surface area contributed by atoms with E-state index in [0.29, 0.717) is 5.56 Å². The van der Waals surface area contributed by atoms with Crippen molar-refractivity contribution in [1.29, 1.82) is 0 Å². The minimum atomic E-state index is -1.20. The van der Waals surface area contributed by atoms with Crippen LogP contribution in [0.3, 0.4) is 0 Å². The van der Waals surface area contributed by atoms with Crippen LogP contribution in [-0.2, 0) is 19.9 Å². The van der Waals surface area contributed by atoms with Gasteiger partial charge in [0.15, 0.2) is 23.3 Å². The van der Waals surface area contributed by atoms with Gasteiger partial charge in [-0.15, -0.1) is 0 Å². The van der Waals surface area contributed by atoms with E-state index in [1.807, 2.05) is 6.08 Å². The van der Waals surface area contributed by atoms with Gasteiger partial charge in [-0.3, -0.25) is 19.7 Å². The van der Waals surface area contributed by atoms with Gasteiger partial charge in [-0.25, -0.2) is 0 Å². The van der Waals surface area contributed by atoms with Gasteiger partial charge >= 0.3 is 0 Å². The zero-order chi connectivity index (χ0) is 15.9. The lowest BCUT2D eigenvalue weighted by atomic mass is 9.66. The van der Waals surface area contributed by atoms with Gasteiger partial charge in [0.1, 0.15) is 0 Å². The molecule has 6 heteroatoms. The number of ketones is 2. The molecule has 6 nitrogen and oxygen atoms in total. The maximum Gasteiger partial charge on any atom is 0.269 e. The van der Waals surface area contributed by atoms with E-state index in [4.69, 9.17) is 4.74 Å². The van der Waals surface area contributed by atoms with Crippen molar-refractivity contribution in [2.45, 2.75) is 18.1 Å². The number of fused-ring (bicyclic) bond motifs is 6. The molecule has 3 fully saturated rings. The number of epoxide rings is 1. The lowest BCUT2D eigenvalue weighted by Gasteiger charge is -2.31. The normalized spacial score (nSPS) is 42.5. The molecule has 116 valence electrons. The zero-order valence-electron chi connectivity index (χ0n) is 12.0. The van der Waals surface area contributed by atoms with Gasteiger partial charge < -0.3 is 4.74 Å². The molecule has 3 aliphatic carbocycles. The number of allylic oxidation sites excluding steroid dienone is 2. The van der Waals surface area contributed by atoms with Crippen LogP contribution in [0, 0.1) is 33.8 Å². The molecule has 5 rings (SSSR count). The molecule has 2 bridgehead atoms. The van der Waals surface area contributed by atoms with Gasteiger partial charge in [-0.2, -0.15) is 0 Å². The van der Waals surface area contributed by atoms with E-state index in [0.717, 1.165) is 6.42 Å². The molecule has 0 amide bonds. The van der Waals surface area contributed by atoms with Gasteiger partial charge in [0.2, 0.25) is 0 Å². The number of hydrogen-bond acceptors (Lipinski definition) is 5. The topological polar surface area (TPSA) is 89.8 Å². The number of benzene rings is 1. The quantitative estimate of drug-likeness (QED) is 0.359. The molecular formula is C17H13NO5. The summed E-state index contributed by atoms with van der Waals surface area (Å²) in [6.45, 7) is 0. The number of nitro benzene ring substituents is 1. The number of rotatable bonds is 2. The van der Waals surface area contributed by atoms with E-state index >= 15 is 0 Å². The van der Waals surface area contributed by atoms with E-state index in [1.165, 1.54) is 24.3 Å². The molecule has 1 aromatic rings. The molecule has 0 radical (unpaired) electrons. The number of hydrogen-bond donors (Lipinski definition) is 0. The summed E-state index contributed by atoms with van der Waals surface area (Å²) in [6, 6.07) is 5.78. The molecule has 1 aromatic carbocycles. The van der Waals surface area contributed by atoms with E-state index in [1.54, 1.807) is 0 Å². The van der Waals surface area contributed by atoms with Gasteiger partial charge in [0.25, 0.3) is 5.69 Å². The summed E-state index contributed by atoms with van der Waals surface area (Å²) in [7, 11) is 0. The molecule has 4 aliphatic rings. The van der Waals surface area contributed by atoms with Gasteiger partial charge in [0, 0.05) is 24.0 Å². The predicted octanol–water partition coefficient (Wildman–Crippen LogP) is 1.78. The molecule has 23 heavy (non-hydrogen) atoms. The Morgan fingerprint density at radius 3 is 2.39 bits per heavy atom. The van der Waals surface area contributed by atoms with Crippen LogP contribution >= 0.6 is 0 Å². The fourth-order valence-corrected chi connectivity index (χ4v) is 4.78. The first-order chi connectivity index (χ1) is 11.0. The monoisotopic (exact) mass is 311 g/mol. The van der Waals surface area contributed by atoms with Crippen LogP contribution in [-0.4, -0.2) is 22.6 Å². The van der Waals surface area contributed by atoms with E-state index in [2.05, 4.69) is 6.08 Å². The van der Waals surface area contributed by atoms with E-state index < -0.39 is 16.6 Å². The molecule has 0 aromatic heterocycles. The highest BCUT2D eigenvalue weighted by molar-refractivity contribution is 6.10. The smallest absolute Gasteiger partial charge is 0.269 e. The van der Waals surface area contributed by atoms with Crippen LogP contribution in [0.25, 0.3) is 0 Å². The van der Waals surface area contributed by atoms with Crippen LogP contribution in [0.2, 0.25) is 0 Å². The maximum absolute atomic E-state index is 13.1. The Labute approximate surface area is 131 Å². The molecule has 1 aliphatic heterocycles. The van der Waals surface area contributed by atoms with Gasteiger partial charge in [0.05, 0.1) is 4.92 Å². The first-order valence-corrected chi connectivity index (χ1v) is 7.73. The summed E-state index contributed by atoms with van der Waals surface area (Å²) in [5.41, 5.74) is -0.694. The third kappa shape index (κ3) is 1.42. The molecule has 1 heterocycles. The number of nitrogens with zero attached hydrogens (tertiary/aromatic N) is 1. The Morgan fingerprint density at radius 2 is 1.74 bits per heavy atom. The molecule has 6 atom stereocenters. The number of Topliss-reactive ketones (excluding diaryl/α,β-unsaturated/α-hetero) is 2. The number of carbonyl (C=O) groups excluding carboxylic acids is 2. The molecule has 2 saturated carbocycles. The highest BCUT2D eigenvalue weighted by atomic mass is 16.6. The van der Waals surface area contributed by atoms with Gasteiger partial charge in [-0.1, -0.05) is 12.2 Å². The van der Waals surface area contributed by atoms with Crippen LogP contribution in [0.1, 0.15) is 12.0 Å². The summed E-state index contributed by atoms with van der Waals surface area (Å²) in [5.74, 6) is -0.257. The number of ether oxygens (including phenoxy) is 1. The summed E-state index contributed by atoms with van der Waals surface area (Å²) < 4.78 is 5.64. The minimum absolute atomic E-state index is 0.0183. The summed E-state index contributed by atoms with van der Waals surface area (Å²) >= 11 is 0. The summed E-state index contributed by atoms with van der Waals surface area (Å²) in [6.07, 6.45) is 4.25. The average molecular weight is 311 g/mol. The fourth-order valence-electron chi connectivity index (χ4n) is 4.78. The summed E-state index contributed by atoms with van der Waals surface area (Å²) in [4.78, 5) is 36.1. The zero-order valence-corrected chi connectivity index (χ0v) is 12.0. The lowest BCUT2D eigenvalue weighted by Crippen LogP contribution is -2.47. The SMILES string of the molecule is O=C1C2C3C=CC(C3)C2C(=O)C2(c3ccc([N+](=O)[O-])cc3)OC12. The second-order valence-corrected chi connectivity index (χ2v) is 6.80.